The van der Waals surface area contributed by atoms with Gasteiger partial charge in [0, 0.05) is 38.9 Å². The second kappa shape index (κ2) is 6.71. The quantitative estimate of drug-likeness (QED) is 0.794. The van der Waals surface area contributed by atoms with Crippen molar-refractivity contribution in [1.29, 1.82) is 0 Å². The van der Waals surface area contributed by atoms with Gasteiger partial charge in [-0.25, -0.2) is 0 Å². The van der Waals surface area contributed by atoms with Crippen molar-refractivity contribution in [3.63, 3.8) is 0 Å². The number of rotatable bonds is 4. The number of carbonyl (C=O) groups excluding carboxylic acids is 2. The summed E-state index contributed by atoms with van der Waals surface area (Å²) in [5.74, 6) is -0.205. The first-order chi connectivity index (χ1) is 10.0. The van der Waals surface area contributed by atoms with Crippen LogP contribution in [-0.4, -0.2) is 52.7 Å². The van der Waals surface area contributed by atoms with E-state index in [1.165, 1.54) is 0 Å². The van der Waals surface area contributed by atoms with Crippen LogP contribution in [0.25, 0.3) is 0 Å². The van der Waals surface area contributed by atoms with Gasteiger partial charge in [-0.05, 0) is 19.8 Å². The highest BCUT2D eigenvalue weighted by molar-refractivity contribution is 5.95. The first-order valence-electron chi connectivity index (χ1n) is 7.30. The lowest BCUT2D eigenvalue weighted by molar-refractivity contribution is -0.126. The smallest absolute Gasteiger partial charge is 0.257 e. The highest BCUT2D eigenvalue weighted by atomic mass is 16.2. The number of piperidine rings is 1. The standard InChI is InChI=1S/C14H23N5O2/c1-10-12(8-17-18(10)2)14(21)19-7-3-4-11(9-19)13(20)16-6-5-15/h8,11H,3-7,9,15H2,1-2H3,(H,16,20). The summed E-state index contributed by atoms with van der Waals surface area (Å²) in [6.45, 7) is 3.92. The van der Waals surface area contributed by atoms with Gasteiger partial charge in [0.25, 0.3) is 5.91 Å². The lowest BCUT2D eigenvalue weighted by Gasteiger charge is -2.32. The van der Waals surface area contributed by atoms with Crippen LogP contribution >= 0.6 is 0 Å². The van der Waals surface area contributed by atoms with E-state index < -0.39 is 0 Å². The Morgan fingerprint density at radius 3 is 2.90 bits per heavy atom. The van der Waals surface area contributed by atoms with Gasteiger partial charge in [0.05, 0.1) is 17.7 Å². The second-order valence-corrected chi connectivity index (χ2v) is 5.44. The van der Waals surface area contributed by atoms with E-state index in [-0.39, 0.29) is 17.7 Å². The third-order valence-corrected chi connectivity index (χ3v) is 3.99. The molecule has 0 saturated carbocycles. The fourth-order valence-corrected chi connectivity index (χ4v) is 2.59. The van der Waals surface area contributed by atoms with Crippen molar-refractivity contribution < 1.29 is 9.59 Å². The second-order valence-electron chi connectivity index (χ2n) is 5.44. The maximum atomic E-state index is 12.5. The van der Waals surface area contributed by atoms with Gasteiger partial charge in [0.1, 0.15) is 0 Å². The topological polar surface area (TPSA) is 93.2 Å². The highest BCUT2D eigenvalue weighted by Gasteiger charge is 2.29. The van der Waals surface area contributed by atoms with Gasteiger partial charge in [-0.1, -0.05) is 0 Å². The Balaban J connectivity index is 2.02. The largest absolute Gasteiger partial charge is 0.355 e. The molecule has 0 bridgehead atoms. The van der Waals surface area contributed by atoms with Gasteiger partial charge in [0.2, 0.25) is 5.91 Å². The van der Waals surface area contributed by atoms with Crippen LogP contribution in [0.1, 0.15) is 28.9 Å². The number of carbonyl (C=O) groups is 2. The van der Waals surface area contributed by atoms with E-state index in [0.717, 1.165) is 18.5 Å². The van der Waals surface area contributed by atoms with Crippen LogP contribution in [0.15, 0.2) is 6.20 Å². The average Bonchev–Trinajstić information content (AvgIpc) is 2.84. The van der Waals surface area contributed by atoms with Crippen molar-refractivity contribution in [3.8, 4) is 0 Å². The van der Waals surface area contributed by atoms with Crippen molar-refractivity contribution in [1.82, 2.24) is 20.0 Å². The Hall–Kier alpha value is -1.89. The zero-order valence-corrected chi connectivity index (χ0v) is 12.6. The summed E-state index contributed by atoms with van der Waals surface area (Å²) < 4.78 is 1.68. The molecule has 1 aromatic heterocycles. The molecule has 0 aromatic carbocycles. The molecule has 116 valence electrons. The number of nitrogens with one attached hydrogen (secondary N) is 1. The molecule has 2 amide bonds. The Morgan fingerprint density at radius 1 is 1.52 bits per heavy atom. The molecule has 1 fully saturated rings. The van der Waals surface area contributed by atoms with Crippen LogP contribution in [0.5, 0.6) is 0 Å². The number of aryl methyl sites for hydroxylation is 1. The molecule has 0 aliphatic carbocycles. The number of amides is 2. The van der Waals surface area contributed by atoms with Crippen molar-refractivity contribution in [2.75, 3.05) is 26.2 Å². The zero-order chi connectivity index (χ0) is 15.4. The minimum Gasteiger partial charge on any atom is -0.355 e. The molecule has 0 radical (unpaired) electrons. The molecule has 1 aromatic rings. The summed E-state index contributed by atoms with van der Waals surface area (Å²) in [5, 5.41) is 6.90. The molecular formula is C14H23N5O2. The van der Waals surface area contributed by atoms with E-state index in [0.29, 0.717) is 31.7 Å². The predicted molar refractivity (Wildman–Crippen MR) is 78.6 cm³/mol. The molecule has 1 atom stereocenters. The van der Waals surface area contributed by atoms with E-state index in [1.807, 2.05) is 14.0 Å². The van der Waals surface area contributed by atoms with Crippen LogP contribution in [-0.2, 0) is 11.8 Å². The Morgan fingerprint density at radius 2 is 2.29 bits per heavy atom. The number of hydrogen-bond acceptors (Lipinski definition) is 4. The van der Waals surface area contributed by atoms with Gasteiger partial charge in [-0.3, -0.25) is 14.3 Å². The minimum atomic E-state index is -0.147. The van der Waals surface area contributed by atoms with Gasteiger partial charge in [-0.15, -0.1) is 0 Å². The monoisotopic (exact) mass is 293 g/mol. The van der Waals surface area contributed by atoms with Gasteiger partial charge < -0.3 is 16.0 Å². The number of hydrogen-bond donors (Lipinski definition) is 2. The van der Waals surface area contributed by atoms with Crippen LogP contribution < -0.4 is 11.1 Å². The molecule has 2 rings (SSSR count). The first kappa shape index (κ1) is 15.5. The summed E-state index contributed by atoms with van der Waals surface area (Å²) in [6.07, 6.45) is 3.24. The molecule has 0 spiro atoms. The molecule has 1 unspecified atom stereocenters. The molecule has 7 nitrogen and oxygen atoms in total. The normalized spacial score (nSPS) is 18.6. The summed E-state index contributed by atoms with van der Waals surface area (Å²) >= 11 is 0. The predicted octanol–water partition coefficient (Wildman–Crippen LogP) is -0.344. The SMILES string of the molecule is Cc1c(C(=O)N2CCCC(C(=O)NCCN)C2)cnn1C. The number of likely N-dealkylation sites (tertiary alicyclic amines) is 1. The fraction of sp³-hybridized carbons (Fsp3) is 0.643. The third-order valence-electron chi connectivity index (χ3n) is 3.99. The van der Waals surface area contributed by atoms with Crippen LogP contribution in [0.3, 0.4) is 0 Å². The fourth-order valence-electron chi connectivity index (χ4n) is 2.59. The van der Waals surface area contributed by atoms with Gasteiger partial charge in [0.15, 0.2) is 0 Å². The van der Waals surface area contributed by atoms with E-state index >= 15 is 0 Å². The van der Waals surface area contributed by atoms with Crippen molar-refractivity contribution in [2.24, 2.45) is 18.7 Å². The maximum absolute atomic E-state index is 12.5. The zero-order valence-electron chi connectivity index (χ0n) is 12.6. The number of aromatic nitrogens is 2. The Kier molecular flexibility index (Phi) is 4.95. The third kappa shape index (κ3) is 3.41. The maximum Gasteiger partial charge on any atom is 0.257 e. The summed E-state index contributed by atoms with van der Waals surface area (Å²) in [6, 6.07) is 0. The lowest BCUT2D eigenvalue weighted by Crippen LogP contribution is -2.46. The summed E-state index contributed by atoms with van der Waals surface area (Å²) in [4.78, 5) is 26.3. The Bertz CT molecular complexity index is 525. The first-order valence-corrected chi connectivity index (χ1v) is 7.30. The van der Waals surface area contributed by atoms with Crippen molar-refractivity contribution >= 4 is 11.8 Å². The van der Waals surface area contributed by atoms with Crippen LogP contribution in [0.4, 0.5) is 0 Å². The number of nitrogens with zero attached hydrogens (tertiary/aromatic N) is 3. The van der Waals surface area contributed by atoms with Gasteiger partial charge in [-0.2, -0.15) is 5.10 Å². The average molecular weight is 293 g/mol. The molecule has 1 saturated heterocycles. The molecule has 1 aliphatic heterocycles. The number of nitrogens with two attached hydrogens (primary N) is 1. The molecule has 1 aliphatic rings. The van der Waals surface area contributed by atoms with E-state index in [4.69, 9.17) is 5.73 Å². The van der Waals surface area contributed by atoms with Crippen molar-refractivity contribution in [2.45, 2.75) is 19.8 Å². The Labute approximate surface area is 124 Å². The lowest BCUT2D eigenvalue weighted by atomic mass is 9.96. The molecule has 21 heavy (non-hydrogen) atoms. The van der Waals surface area contributed by atoms with Crippen LogP contribution in [0.2, 0.25) is 0 Å². The highest BCUT2D eigenvalue weighted by Crippen LogP contribution is 2.19. The molecule has 2 heterocycles. The van der Waals surface area contributed by atoms with Crippen molar-refractivity contribution in [3.05, 3.63) is 17.5 Å². The van der Waals surface area contributed by atoms with E-state index in [2.05, 4.69) is 10.4 Å². The minimum absolute atomic E-state index is 0.0131. The van der Waals surface area contributed by atoms with E-state index in [1.54, 1.807) is 15.8 Å². The molecular weight excluding hydrogens is 270 g/mol. The molecule has 3 N–H and O–H groups in total. The molecule has 7 heteroatoms. The van der Waals surface area contributed by atoms with E-state index in [9.17, 15) is 9.59 Å². The van der Waals surface area contributed by atoms with Crippen LogP contribution in [0, 0.1) is 12.8 Å². The van der Waals surface area contributed by atoms with Gasteiger partial charge >= 0.3 is 0 Å². The summed E-state index contributed by atoms with van der Waals surface area (Å²) in [7, 11) is 1.81. The summed E-state index contributed by atoms with van der Waals surface area (Å²) in [5.41, 5.74) is 6.84.